The van der Waals surface area contributed by atoms with Gasteiger partial charge in [-0.25, -0.2) is 9.37 Å². The highest BCUT2D eigenvalue weighted by Gasteiger charge is 2.18. The van der Waals surface area contributed by atoms with Crippen molar-refractivity contribution < 1.29 is 9.50 Å². The summed E-state index contributed by atoms with van der Waals surface area (Å²) < 4.78 is 13.0. The van der Waals surface area contributed by atoms with Crippen LogP contribution in [0.3, 0.4) is 0 Å². The van der Waals surface area contributed by atoms with Crippen molar-refractivity contribution in [2.24, 2.45) is 0 Å². The van der Waals surface area contributed by atoms with E-state index in [4.69, 9.17) is 0 Å². The molecular weight excluding hydrogens is 275 g/mol. The Kier molecular flexibility index (Phi) is 4.73. The van der Waals surface area contributed by atoms with Gasteiger partial charge in [0.2, 0.25) is 0 Å². The molecule has 0 fully saturated rings. The zero-order chi connectivity index (χ0) is 14.7. The predicted octanol–water partition coefficient (Wildman–Crippen LogP) is 4.06. The molecule has 0 amide bonds. The fraction of sp³-hybridized carbons (Fsp3) is 0.400. The molecule has 1 N–H and O–H groups in total. The smallest absolute Gasteiger partial charge is 0.190 e. The zero-order valence-corrected chi connectivity index (χ0v) is 12.7. The molecule has 0 radical (unpaired) electrons. The highest BCUT2D eigenvalue weighted by molar-refractivity contribution is 7.15. The summed E-state index contributed by atoms with van der Waals surface area (Å²) in [6.45, 7) is 4.22. The number of nitrogens with zero attached hydrogens (tertiary/aromatic N) is 2. The van der Waals surface area contributed by atoms with Gasteiger partial charge in [0.15, 0.2) is 5.13 Å². The number of anilines is 2. The van der Waals surface area contributed by atoms with Crippen molar-refractivity contribution in [1.29, 1.82) is 0 Å². The van der Waals surface area contributed by atoms with Crippen LogP contribution in [0.2, 0.25) is 0 Å². The minimum atomic E-state index is -0.252. The molecule has 0 saturated heterocycles. The van der Waals surface area contributed by atoms with Gasteiger partial charge in [0.1, 0.15) is 5.82 Å². The molecule has 1 aromatic heterocycles. The Labute approximate surface area is 122 Å². The van der Waals surface area contributed by atoms with Crippen molar-refractivity contribution >= 4 is 22.2 Å². The quantitative estimate of drug-likeness (QED) is 0.903. The lowest BCUT2D eigenvalue weighted by Crippen LogP contribution is -2.09. The molecule has 0 saturated carbocycles. The van der Waals surface area contributed by atoms with Gasteiger partial charge < -0.3 is 10.0 Å². The molecule has 20 heavy (non-hydrogen) atoms. The first kappa shape index (κ1) is 14.9. The van der Waals surface area contributed by atoms with Gasteiger partial charge in [-0.15, -0.1) is 0 Å². The Morgan fingerprint density at radius 1 is 1.35 bits per heavy atom. The SMILES string of the molecule is CCC(C)c1nc(N(C)c2ccc(F)cc2)sc1CO. The molecule has 108 valence electrons. The maximum atomic E-state index is 13.0. The van der Waals surface area contributed by atoms with E-state index >= 15 is 0 Å². The van der Waals surface area contributed by atoms with Gasteiger partial charge >= 0.3 is 0 Å². The van der Waals surface area contributed by atoms with Crippen molar-refractivity contribution in [3.8, 4) is 0 Å². The molecular formula is C15H19FN2OS. The summed E-state index contributed by atoms with van der Waals surface area (Å²) in [6, 6.07) is 6.31. The van der Waals surface area contributed by atoms with Crippen LogP contribution in [0.5, 0.6) is 0 Å². The van der Waals surface area contributed by atoms with E-state index in [2.05, 4.69) is 18.8 Å². The largest absolute Gasteiger partial charge is 0.391 e. The first-order valence-electron chi connectivity index (χ1n) is 6.66. The molecule has 5 heteroatoms. The fourth-order valence-corrected chi connectivity index (χ4v) is 2.98. The summed E-state index contributed by atoms with van der Waals surface area (Å²) in [5.74, 6) is 0.0707. The number of rotatable bonds is 5. The highest BCUT2D eigenvalue weighted by atomic mass is 32.1. The maximum Gasteiger partial charge on any atom is 0.190 e. The number of halogens is 1. The van der Waals surface area contributed by atoms with Crippen molar-refractivity contribution in [1.82, 2.24) is 4.98 Å². The van der Waals surface area contributed by atoms with Crippen LogP contribution in [-0.2, 0) is 6.61 Å². The van der Waals surface area contributed by atoms with E-state index in [1.165, 1.54) is 23.5 Å². The van der Waals surface area contributed by atoms with Crippen LogP contribution in [0.1, 0.15) is 36.8 Å². The zero-order valence-electron chi connectivity index (χ0n) is 11.9. The minimum absolute atomic E-state index is 0.00853. The number of hydrogen-bond donors (Lipinski definition) is 1. The van der Waals surface area contributed by atoms with E-state index in [-0.39, 0.29) is 12.4 Å². The molecule has 0 aliphatic carbocycles. The van der Waals surface area contributed by atoms with Crippen molar-refractivity contribution in [2.45, 2.75) is 32.8 Å². The van der Waals surface area contributed by atoms with Gasteiger partial charge in [0.05, 0.1) is 17.2 Å². The Balaban J connectivity index is 2.32. The van der Waals surface area contributed by atoms with E-state index in [0.717, 1.165) is 27.8 Å². The van der Waals surface area contributed by atoms with E-state index in [0.29, 0.717) is 5.92 Å². The summed E-state index contributed by atoms with van der Waals surface area (Å²) in [5.41, 5.74) is 1.84. The van der Waals surface area contributed by atoms with Crippen molar-refractivity contribution in [2.75, 3.05) is 11.9 Å². The number of benzene rings is 1. The van der Waals surface area contributed by atoms with Gasteiger partial charge in [-0.05, 0) is 36.6 Å². The molecule has 3 nitrogen and oxygen atoms in total. The second kappa shape index (κ2) is 6.33. The predicted molar refractivity (Wildman–Crippen MR) is 81.2 cm³/mol. The van der Waals surface area contributed by atoms with E-state index in [1.54, 1.807) is 12.1 Å². The van der Waals surface area contributed by atoms with Crippen LogP contribution < -0.4 is 4.90 Å². The summed E-state index contributed by atoms with van der Waals surface area (Å²) in [4.78, 5) is 7.46. The Morgan fingerprint density at radius 2 is 2.00 bits per heavy atom. The molecule has 0 spiro atoms. The summed E-state index contributed by atoms with van der Waals surface area (Å²) in [6.07, 6.45) is 0.983. The van der Waals surface area contributed by atoms with Crippen LogP contribution >= 0.6 is 11.3 Å². The third-order valence-electron chi connectivity index (χ3n) is 3.44. The highest BCUT2D eigenvalue weighted by Crippen LogP contribution is 2.34. The topological polar surface area (TPSA) is 36.4 Å². The van der Waals surface area contributed by atoms with Crippen molar-refractivity contribution in [3.05, 3.63) is 40.7 Å². The van der Waals surface area contributed by atoms with Gasteiger partial charge in [-0.2, -0.15) is 0 Å². The molecule has 0 bridgehead atoms. The van der Waals surface area contributed by atoms with Crippen LogP contribution in [0.15, 0.2) is 24.3 Å². The fourth-order valence-electron chi connectivity index (χ4n) is 1.96. The van der Waals surface area contributed by atoms with Crippen LogP contribution in [0.25, 0.3) is 0 Å². The molecule has 1 unspecified atom stereocenters. The molecule has 2 aromatic rings. The monoisotopic (exact) mass is 294 g/mol. The average Bonchev–Trinajstić information content (AvgIpc) is 2.90. The van der Waals surface area contributed by atoms with Crippen molar-refractivity contribution in [3.63, 3.8) is 0 Å². The second-order valence-corrected chi connectivity index (χ2v) is 5.87. The number of thiazole rings is 1. The summed E-state index contributed by atoms with van der Waals surface area (Å²) in [7, 11) is 1.90. The third kappa shape index (κ3) is 2.99. The average molecular weight is 294 g/mol. The molecule has 0 aliphatic heterocycles. The number of hydrogen-bond acceptors (Lipinski definition) is 4. The molecule has 1 aromatic carbocycles. The minimum Gasteiger partial charge on any atom is -0.391 e. The lowest BCUT2D eigenvalue weighted by atomic mass is 10.0. The Hall–Kier alpha value is -1.46. The summed E-state index contributed by atoms with van der Waals surface area (Å²) >= 11 is 1.48. The number of aromatic nitrogens is 1. The lowest BCUT2D eigenvalue weighted by molar-refractivity contribution is 0.283. The standard InChI is InChI=1S/C15H19FN2OS/c1-4-10(2)14-13(9-19)20-15(17-14)18(3)12-7-5-11(16)6-8-12/h5-8,10,19H,4,9H2,1-3H3. The van der Waals surface area contributed by atoms with Crippen LogP contribution in [-0.4, -0.2) is 17.1 Å². The van der Waals surface area contributed by atoms with E-state index < -0.39 is 0 Å². The molecule has 2 rings (SSSR count). The van der Waals surface area contributed by atoms with Gasteiger partial charge in [-0.1, -0.05) is 25.2 Å². The van der Waals surface area contributed by atoms with Crippen LogP contribution in [0.4, 0.5) is 15.2 Å². The maximum absolute atomic E-state index is 13.0. The second-order valence-electron chi connectivity index (χ2n) is 4.81. The van der Waals surface area contributed by atoms with E-state index in [1.807, 2.05) is 11.9 Å². The van der Waals surface area contributed by atoms with Gasteiger partial charge in [0, 0.05) is 12.7 Å². The van der Waals surface area contributed by atoms with Gasteiger partial charge in [0.25, 0.3) is 0 Å². The third-order valence-corrected chi connectivity index (χ3v) is 4.57. The number of aliphatic hydroxyl groups is 1. The molecule has 0 aliphatic rings. The summed E-state index contributed by atoms with van der Waals surface area (Å²) in [5, 5.41) is 10.3. The first-order valence-corrected chi connectivity index (χ1v) is 7.48. The normalized spacial score (nSPS) is 12.4. The first-order chi connectivity index (χ1) is 9.56. The Bertz CT molecular complexity index is 568. The molecule has 1 heterocycles. The molecule has 1 atom stereocenters. The lowest BCUT2D eigenvalue weighted by Gasteiger charge is -2.15. The number of aliphatic hydroxyl groups excluding tert-OH is 1. The Morgan fingerprint density at radius 3 is 2.55 bits per heavy atom. The van der Waals surface area contributed by atoms with Crippen LogP contribution in [0, 0.1) is 5.82 Å². The van der Waals surface area contributed by atoms with E-state index in [9.17, 15) is 9.50 Å². The van der Waals surface area contributed by atoms with Gasteiger partial charge in [-0.3, -0.25) is 0 Å².